The van der Waals surface area contributed by atoms with E-state index in [-0.39, 0.29) is 6.54 Å². The first kappa shape index (κ1) is 16.6. The van der Waals surface area contributed by atoms with Crippen molar-refractivity contribution in [3.8, 4) is 5.00 Å². The van der Waals surface area contributed by atoms with E-state index in [2.05, 4.69) is 20.5 Å². The minimum Gasteiger partial charge on any atom is -0.465 e. The van der Waals surface area contributed by atoms with Gasteiger partial charge in [0.15, 0.2) is 0 Å². The lowest BCUT2D eigenvalue weighted by molar-refractivity contribution is -0.117. The molecule has 0 saturated heterocycles. The molecule has 0 fully saturated rings. The highest BCUT2D eigenvalue weighted by Gasteiger charge is 2.13. The number of hydrogen-bond acceptors (Lipinski definition) is 7. The summed E-state index contributed by atoms with van der Waals surface area (Å²) in [6.45, 7) is -0.299. The molecule has 2 aromatic heterocycles. The quantitative estimate of drug-likeness (QED) is 0.679. The van der Waals surface area contributed by atoms with Gasteiger partial charge in [-0.25, -0.2) is 9.59 Å². The van der Waals surface area contributed by atoms with Crippen LogP contribution in [-0.4, -0.2) is 38.8 Å². The number of nitrogens with one attached hydrogen (secondary N) is 1. The minimum absolute atomic E-state index is 0.299. The van der Waals surface area contributed by atoms with E-state index < -0.39 is 17.6 Å². The second kappa shape index (κ2) is 7.09. The second-order valence-corrected chi connectivity index (χ2v) is 5.83. The number of carbonyl (C=O) groups is 2. The fourth-order valence-electron chi connectivity index (χ4n) is 2.08. The summed E-state index contributed by atoms with van der Waals surface area (Å²) < 4.78 is 6.71. The molecule has 1 aromatic carbocycles. The van der Waals surface area contributed by atoms with Gasteiger partial charge in [-0.3, -0.25) is 4.79 Å². The van der Waals surface area contributed by atoms with Crippen LogP contribution in [-0.2, 0) is 16.1 Å². The fraction of sp³-hybridized carbons (Fsp3) is 0.133. The van der Waals surface area contributed by atoms with Crippen molar-refractivity contribution in [1.82, 2.24) is 19.8 Å². The van der Waals surface area contributed by atoms with E-state index >= 15 is 0 Å². The number of tetrazole rings is 1. The van der Waals surface area contributed by atoms with Gasteiger partial charge >= 0.3 is 11.7 Å². The fourth-order valence-corrected chi connectivity index (χ4v) is 2.75. The number of hydrogen-bond donors (Lipinski definition) is 1. The first-order valence-electron chi connectivity index (χ1n) is 7.13. The first-order valence-corrected chi connectivity index (χ1v) is 8.01. The molecule has 3 aromatic rings. The Morgan fingerprint density at radius 1 is 1.24 bits per heavy atom. The zero-order chi connectivity index (χ0) is 17.8. The van der Waals surface area contributed by atoms with Crippen molar-refractivity contribution in [1.29, 1.82) is 0 Å². The molecule has 3 rings (SSSR count). The average Bonchev–Trinajstić information content (AvgIpc) is 3.25. The molecule has 128 valence electrons. The summed E-state index contributed by atoms with van der Waals surface area (Å²) in [4.78, 5) is 35.8. The van der Waals surface area contributed by atoms with E-state index in [4.69, 9.17) is 0 Å². The van der Waals surface area contributed by atoms with Crippen LogP contribution < -0.4 is 11.0 Å². The molecule has 0 aliphatic heterocycles. The third-order valence-corrected chi connectivity index (χ3v) is 4.06. The van der Waals surface area contributed by atoms with Gasteiger partial charge in [0, 0.05) is 5.69 Å². The molecule has 0 unspecified atom stereocenters. The SMILES string of the molecule is COC(=O)c1cccc(NC(=O)Cn2nnn(-c3cccs3)c2=O)c1. The molecule has 0 aliphatic rings. The molecule has 0 radical (unpaired) electrons. The highest BCUT2D eigenvalue weighted by atomic mass is 32.1. The van der Waals surface area contributed by atoms with Gasteiger partial charge in [-0.05, 0) is 46.1 Å². The second-order valence-electron chi connectivity index (χ2n) is 4.90. The van der Waals surface area contributed by atoms with Crippen LogP contribution in [0.25, 0.3) is 5.00 Å². The Morgan fingerprint density at radius 2 is 2.08 bits per heavy atom. The molecule has 10 heteroatoms. The number of thiophene rings is 1. The van der Waals surface area contributed by atoms with Crippen molar-refractivity contribution >= 4 is 28.9 Å². The number of benzene rings is 1. The molecule has 0 spiro atoms. The number of amides is 1. The molecular formula is C15H13N5O4S. The number of ether oxygens (including phenoxy) is 1. The lowest BCUT2D eigenvalue weighted by Crippen LogP contribution is -2.29. The molecule has 1 amide bonds. The predicted octanol–water partition coefficient (Wildman–Crippen LogP) is 0.916. The standard InChI is InChI=1S/C15H13N5O4S/c1-24-14(22)10-4-2-5-11(8-10)16-12(21)9-19-15(23)20(18-17-19)13-6-3-7-25-13/h2-8H,9H2,1H3,(H,16,21). The van der Waals surface area contributed by atoms with Crippen LogP contribution in [0.4, 0.5) is 5.69 Å². The number of rotatable bonds is 5. The van der Waals surface area contributed by atoms with Crippen LogP contribution in [0.2, 0.25) is 0 Å². The molecule has 25 heavy (non-hydrogen) atoms. The number of aromatic nitrogens is 4. The Kier molecular flexibility index (Phi) is 4.70. The third kappa shape index (κ3) is 3.63. The number of methoxy groups -OCH3 is 1. The Bertz CT molecular complexity index is 960. The molecule has 1 N–H and O–H groups in total. The lowest BCUT2D eigenvalue weighted by atomic mass is 10.2. The summed E-state index contributed by atoms with van der Waals surface area (Å²) in [6.07, 6.45) is 0. The molecule has 0 saturated carbocycles. The summed E-state index contributed by atoms with van der Waals surface area (Å²) in [5.74, 6) is -0.978. The van der Waals surface area contributed by atoms with Crippen LogP contribution in [0.3, 0.4) is 0 Å². The van der Waals surface area contributed by atoms with Crippen LogP contribution in [0.15, 0.2) is 46.6 Å². The number of esters is 1. The Labute approximate surface area is 145 Å². The van der Waals surface area contributed by atoms with Crippen LogP contribution in [0.5, 0.6) is 0 Å². The van der Waals surface area contributed by atoms with Gasteiger partial charge in [-0.15, -0.1) is 11.3 Å². The zero-order valence-corrected chi connectivity index (χ0v) is 13.9. The summed E-state index contributed by atoms with van der Waals surface area (Å²) in [5, 5.41) is 12.5. The topological polar surface area (TPSA) is 108 Å². The van der Waals surface area contributed by atoms with Gasteiger partial charge in [-0.2, -0.15) is 9.36 Å². The van der Waals surface area contributed by atoms with Crippen LogP contribution in [0, 0.1) is 0 Å². The maximum Gasteiger partial charge on any atom is 0.369 e. The van der Waals surface area contributed by atoms with Crippen LogP contribution in [0.1, 0.15) is 10.4 Å². The van der Waals surface area contributed by atoms with Crippen molar-refractivity contribution in [3.05, 3.63) is 57.8 Å². The van der Waals surface area contributed by atoms with E-state index in [0.29, 0.717) is 16.3 Å². The third-order valence-electron chi connectivity index (χ3n) is 3.22. The van der Waals surface area contributed by atoms with Gasteiger partial charge in [0.25, 0.3) is 0 Å². The smallest absolute Gasteiger partial charge is 0.369 e. The minimum atomic E-state index is -0.513. The Hall–Kier alpha value is -3.27. The molecule has 0 atom stereocenters. The highest BCUT2D eigenvalue weighted by molar-refractivity contribution is 7.12. The molecule has 2 heterocycles. The van der Waals surface area contributed by atoms with Gasteiger partial charge in [0.1, 0.15) is 11.5 Å². The predicted molar refractivity (Wildman–Crippen MR) is 89.9 cm³/mol. The largest absolute Gasteiger partial charge is 0.465 e. The van der Waals surface area contributed by atoms with Crippen molar-refractivity contribution < 1.29 is 14.3 Å². The van der Waals surface area contributed by atoms with Crippen molar-refractivity contribution in [3.63, 3.8) is 0 Å². The molecule has 0 aliphatic carbocycles. The number of carbonyl (C=O) groups excluding carboxylic acids is 2. The van der Waals surface area contributed by atoms with Crippen molar-refractivity contribution in [2.45, 2.75) is 6.54 Å². The zero-order valence-electron chi connectivity index (χ0n) is 13.1. The maximum absolute atomic E-state index is 12.2. The number of nitrogens with zero attached hydrogens (tertiary/aromatic N) is 4. The van der Waals surface area contributed by atoms with Gasteiger partial charge in [-0.1, -0.05) is 6.07 Å². The Balaban J connectivity index is 1.72. The van der Waals surface area contributed by atoms with Crippen molar-refractivity contribution in [2.24, 2.45) is 0 Å². The summed E-state index contributed by atoms with van der Waals surface area (Å²) >= 11 is 1.33. The maximum atomic E-state index is 12.2. The van der Waals surface area contributed by atoms with E-state index in [0.717, 1.165) is 9.36 Å². The van der Waals surface area contributed by atoms with E-state index in [1.165, 1.54) is 24.5 Å². The normalized spacial score (nSPS) is 10.4. The van der Waals surface area contributed by atoms with Gasteiger partial charge < -0.3 is 10.1 Å². The van der Waals surface area contributed by atoms with Crippen molar-refractivity contribution in [2.75, 3.05) is 12.4 Å². The monoisotopic (exact) mass is 359 g/mol. The lowest BCUT2D eigenvalue weighted by Gasteiger charge is -2.06. The molecular weight excluding hydrogens is 346 g/mol. The van der Waals surface area contributed by atoms with E-state index in [1.807, 2.05) is 5.38 Å². The summed E-state index contributed by atoms with van der Waals surface area (Å²) in [7, 11) is 1.27. The first-order chi connectivity index (χ1) is 12.1. The van der Waals surface area contributed by atoms with Gasteiger partial charge in [0.2, 0.25) is 5.91 Å². The average molecular weight is 359 g/mol. The van der Waals surface area contributed by atoms with E-state index in [9.17, 15) is 14.4 Å². The molecule has 0 bridgehead atoms. The summed E-state index contributed by atoms with van der Waals surface area (Å²) in [6, 6.07) is 9.79. The van der Waals surface area contributed by atoms with Crippen LogP contribution >= 0.6 is 11.3 Å². The summed E-state index contributed by atoms with van der Waals surface area (Å²) in [5.41, 5.74) is 0.202. The molecule has 9 nitrogen and oxygen atoms in total. The number of anilines is 1. The Morgan fingerprint density at radius 3 is 2.80 bits per heavy atom. The van der Waals surface area contributed by atoms with E-state index in [1.54, 1.807) is 30.3 Å². The van der Waals surface area contributed by atoms with Gasteiger partial charge in [0.05, 0.1) is 12.7 Å². The highest BCUT2D eigenvalue weighted by Crippen LogP contribution is 2.12.